The van der Waals surface area contributed by atoms with Crippen LogP contribution in [-0.2, 0) is 9.59 Å². The number of ether oxygens (including phenoxy) is 2. The molecule has 1 aliphatic heterocycles. The summed E-state index contributed by atoms with van der Waals surface area (Å²) in [5, 5.41) is 9.04. The molecule has 1 saturated carbocycles. The van der Waals surface area contributed by atoms with Crippen molar-refractivity contribution in [2.75, 3.05) is 19.1 Å². The average Bonchev–Trinajstić information content (AvgIpc) is 3.17. The smallest absolute Gasteiger partial charge is 0.257 e. The van der Waals surface area contributed by atoms with E-state index in [1.165, 1.54) is 14.2 Å². The second-order valence-electron chi connectivity index (χ2n) is 8.52. The third-order valence-corrected chi connectivity index (χ3v) is 6.55. The highest BCUT2D eigenvalue weighted by atomic mass is 16.5. The van der Waals surface area contributed by atoms with E-state index in [-0.39, 0.29) is 24.3 Å². The number of benzene rings is 2. The molecule has 34 heavy (non-hydrogen) atoms. The minimum absolute atomic E-state index is 0.0750. The van der Waals surface area contributed by atoms with Crippen LogP contribution in [0, 0.1) is 11.3 Å². The number of carbonyl (C=O) groups is 3. The fourth-order valence-corrected chi connectivity index (χ4v) is 4.83. The number of nitrogens with zero attached hydrogens (tertiary/aromatic N) is 3. The van der Waals surface area contributed by atoms with Crippen LogP contribution < -0.4 is 14.4 Å². The number of hydrogen-bond acceptors (Lipinski definition) is 6. The zero-order valence-electron chi connectivity index (χ0n) is 19.3. The standard InChI is InChI=1S/C26H27N3O5/c1-33-22-13-10-18(14-23(22)34-2)25(31)28(19-6-4-3-5-7-19)21-15-24(30)29(26(21)32)20-11-8-17(16-27)9-12-20/h8-14,19,21H,3-7,15H2,1-2H3. The van der Waals surface area contributed by atoms with E-state index in [2.05, 4.69) is 0 Å². The molecule has 4 rings (SSSR count). The lowest BCUT2D eigenvalue weighted by molar-refractivity contribution is -0.123. The lowest BCUT2D eigenvalue weighted by Gasteiger charge is -2.37. The monoisotopic (exact) mass is 461 g/mol. The van der Waals surface area contributed by atoms with Gasteiger partial charge in [0.05, 0.1) is 38.0 Å². The van der Waals surface area contributed by atoms with E-state index >= 15 is 0 Å². The van der Waals surface area contributed by atoms with Gasteiger partial charge in [0, 0.05) is 11.6 Å². The first-order valence-corrected chi connectivity index (χ1v) is 11.4. The minimum atomic E-state index is -0.883. The van der Waals surface area contributed by atoms with Crippen LogP contribution in [0.3, 0.4) is 0 Å². The second-order valence-corrected chi connectivity index (χ2v) is 8.52. The number of amides is 3. The minimum Gasteiger partial charge on any atom is -0.493 e. The molecule has 2 aromatic carbocycles. The molecule has 0 spiro atoms. The summed E-state index contributed by atoms with van der Waals surface area (Å²) < 4.78 is 10.6. The Morgan fingerprint density at radius 1 is 1.00 bits per heavy atom. The fourth-order valence-electron chi connectivity index (χ4n) is 4.83. The van der Waals surface area contributed by atoms with Crippen molar-refractivity contribution in [2.24, 2.45) is 0 Å². The highest BCUT2D eigenvalue weighted by Crippen LogP contribution is 2.34. The zero-order valence-corrected chi connectivity index (χ0v) is 19.3. The van der Waals surface area contributed by atoms with Gasteiger partial charge in [0.1, 0.15) is 6.04 Å². The lowest BCUT2D eigenvalue weighted by atomic mass is 9.92. The van der Waals surface area contributed by atoms with Crippen LogP contribution in [0.4, 0.5) is 5.69 Å². The van der Waals surface area contributed by atoms with Crippen molar-refractivity contribution in [1.29, 1.82) is 5.26 Å². The first-order valence-electron chi connectivity index (χ1n) is 11.4. The maximum absolute atomic E-state index is 13.8. The number of carbonyl (C=O) groups excluding carboxylic acids is 3. The van der Waals surface area contributed by atoms with Gasteiger partial charge in [0.2, 0.25) is 5.91 Å². The van der Waals surface area contributed by atoms with Crippen LogP contribution in [0.1, 0.15) is 54.4 Å². The average molecular weight is 462 g/mol. The number of methoxy groups -OCH3 is 2. The van der Waals surface area contributed by atoms with E-state index in [9.17, 15) is 14.4 Å². The third-order valence-electron chi connectivity index (χ3n) is 6.55. The summed E-state index contributed by atoms with van der Waals surface area (Å²) in [7, 11) is 3.02. The molecule has 0 bridgehead atoms. The van der Waals surface area contributed by atoms with Crippen molar-refractivity contribution < 1.29 is 23.9 Å². The quantitative estimate of drug-likeness (QED) is 0.609. The number of rotatable bonds is 6. The van der Waals surface area contributed by atoms with Gasteiger partial charge in [-0.1, -0.05) is 19.3 Å². The maximum atomic E-state index is 13.8. The molecular weight excluding hydrogens is 434 g/mol. The molecule has 1 atom stereocenters. The van der Waals surface area contributed by atoms with Gasteiger partial charge >= 0.3 is 0 Å². The summed E-state index contributed by atoms with van der Waals surface area (Å²) in [5.74, 6) is -0.164. The summed E-state index contributed by atoms with van der Waals surface area (Å²) in [6.45, 7) is 0. The molecule has 1 saturated heterocycles. The van der Waals surface area contributed by atoms with Crippen molar-refractivity contribution in [2.45, 2.75) is 50.6 Å². The molecule has 3 amide bonds. The molecule has 2 aliphatic rings. The van der Waals surface area contributed by atoms with E-state index in [4.69, 9.17) is 14.7 Å². The van der Waals surface area contributed by atoms with Gasteiger partial charge in [-0.15, -0.1) is 0 Å². The van der Waals surface area contributed by atoms with Gasteiger partial charge in [-0.25, -0.2) is 4.90 Å². The van der Waals surface area contributed by atoms with Gasteiger partial charge in [-0.05, 0) is 55.3 Å². The molecule has 1 aliphatic carbocycles. The Balaban J connectivity index is 1.68. The van der Waals surface area contributed by atoms with Gasteiger partial charge in [-0.3, -0.25) is 14.4 Å². The maximum Gasteiger partial charge on any atom is 0.257 e. The molecule has 1 unspecified atom stereocenters. The number of anilines is 1. The van der Waals surface area contributed by atoms with Crippen LogP contribution >= 0.6 is 0 Å². The highest BCUT2D eigenvalue weighted by Gasteiger charge is 2.46. The molecule has 8 heteroatoms. The van der Waals surface area contributed by atoms with E-state index in [1.807, 2.05) is 6.07 Å². The Kier molecular flexibility index (Phi) is 6.82. The molecular formula is C26H27N3O5. The number of imide groups is 1. The van der Waals surface area contributed by atoms with E-state index < -0.39 is 11.9 Å². The first kappa shape index (κ1) is 23.3. The predicted octanol–water partition coefficient (Wildman–Crippen LogP) is 3.68. The highest BCUT2D eigenvalue weighted by molar-refractivity contribution is 6.23. The Labute approximate surface area is 198 Å². The van der Waals surface area contributed by atoms with Crippen LogP contribution in [0.15, 0.2) is 42.5 Å². The topological polar surface area (TPSA) is 99.9 Å². The number of nitriles is 1. The first-order chi connectivity index (χ1) is 16.5. The van der Waals surface area contributed by atoms with Crippen LogP contribution in [-0.4, -0.2) is 48.9 Å². The zero-order chi connectivity index (χ0) is 24.2. The van der Waals surface area contributed by atoms with Gasteiger partial charge < -0.3 is 14.4 Å². The van der Waals surface area contributed by atoms with Crippen LogP contribution in [0.5, 0.6) is 11.5 Å². The van der Waals surface area contributed by atoms with Crippen molar-refractivity contribution in [3.63, 3.8) is 0 Å². The Bertz CT molecular complexity index is 1130. The summed E-state index contributed by atoms with van der Waals surface area (Å²) in [4.78, 5) is 43.0. The SMILES string of the molecule is COc1ccc(C(=O)N(C2CCCCC2)C2CC(=O)N(c3ccc(C#N)cc3)C2=O)cc1OC. The Morgan fingerprint density at radius 3 is 2.29 bits per heavy atom. The lowest BCUT2D eigenvalue weighted by Crippen LogP contribution is -2.51. The summed E-state index contributed by atoms with van der Waals surface area (Å²) in [5.41, 5.74) is 1.21. The van der Waals surface area contributed by atoms with Gasteiger partial charge in [0.25, 0.3) is 11.8 Å². The van der Waals surface area contributed by atoms with Crippen molar-refractivity contribution in [3.05, 3.63) is 53.6 Å². The summed E-state index contributed by atoms with van der Waals surface area (Å²) >= 11 is 0. The van der Waals surface area contributed by atoms with E-state index in [0.717, 1.165) is 37.0 Å². The molecule has 8 nitrogen and oxygen atoms in total. The molecule has 0 radical (unpaired) electrons. The van der Waals surface area contributed by atoms with Crippen molar-refractivity contribution in [1.82, 2.24) is 4.90 Å². The van der Waals surface area contributed by atoms with Crippen LogP contribution in [0.2, 0.25) is 0 Å². The fraction of sp³-hybridized carbons (Fsp3) is 0.385. The summed E-state index contributed by atoms with van der Waals surface area (Å²) in [6, 6.07) is 12.2. The van der Waals surface area contributed by atoms with E-state index in [1.54, 1.807) is 47.4 Å². The second kappa shape index (κ2) is 9.96. The normalized spacial score (nSPS) is 18.5. The molecule has 1 heterocycles. The molecule has 0 N–H and O–H groups in total. The molecule has 176 valence electrons. The molecule has 2 aromatic rings. The Hall–Kier alpha value is -3.86. The Morgan fingerprint density at radius 2 is 1.68 bits per heavy atom. The summed E-state index contributed by atoms with van der Waals surface area (Å²) in [6.07, 6.45) is 4.52. The van der Waals surface area contributed by atoms with Crippen LogP contribution in [0.25, 0.3) is 0 Å². The van der Waals surface area contributed by atoms with Gasteiger partial charge in [0.15, 0.2) is 11.5 Å². The van der Waals surface area contributed by atoms with Gasteiger partial charge in [-0.2, -0.15) is 5.26 Å². The molecule has 2 fully saturated rings. The molecule has 0 aromatic heterocycles. The largest absolute Gasteiger partial charge is 0.493 e. The van der Waals surface area contributed by atoms with Crippen molar-refractivity contribution >= 4 is 23.4 Å². The van der Waals surface area contributed by atoms with Crippen molar-refractivity contribution in [3.8, 4) is 17.6 Å². The number of hydrogen-bond donors (Lipinski definition) is 0. The third kappa shape index (κ3) is 4.34. The predicted molar refractivity (Wildman–Crippen MR) is 125 cm³/mol. The van der Waals surface area contributed by atoms with E-state index in [0.29, 0.717) is 28.3 Å².